The standard InChI is InChI=1S/C12H26O4S.Na.4H2O.Ti.H/c1-2-3-4-5-6-7-8-9-10-11-12-16-17(13,14)15;;;;;;;/h2-12H2,1H3,(H,13,14,15);;4*1H2;;/q;+1;;;;;;-1. The van der Waals surface area contributed by atoms with Crippen molar-refractivity contribution in [2.24, 2.45) is 0 Å². The van der Waals surface area contributed by atoms with Crippen molar-refractivity contribution in [1.82, 2.24) is 0 Å². The number of unbranched alkanes of at least 4 members (excludes halogenated alkanes) is 9. The molecule has 142 valence electrons. The number of hydrogen-bond donors (Lipinski definition) is 1. The van der Waals surface area contributed by atoms with Crippen LogP contribution in [0.5, 0.6) is 0 Å². The first-order valence-corrected chi connectivity index (χ1v) is 8.04. The number of hydrogen-bond acceptors (Lipinski definition) is 3. The Hall–Kier alpha value is 1.42. The van der Waals surface area contributed by atoms with Crippen molar-refractivity contribution in [3.05, 3.63) is 0 Å². The van der Waals surface area contributed by atoms with Crippen LogP contribution in [0.15, 0.2) is 0 Å². The first-order valence-electron chi connectivity index (χ1n) is 6.68. The maximum Gasteiger partial charge on any atom is 1.00 e. The predicted octanol–water partition coefficient (Wildman–Crippen LogP) is -2.46. The SMILES string of the molecule is CCCCCCCCCCCCOS(=O)(=O)O.O.O.O.O.[H-].[Na+].[Ti]. The summed E-state index contributed by atoms with van der Waals surface area (Å²) in [5.41, 5.74) is 0. The van der Waals surface area contributed by atoms with E-state index in [1.165, 1.54) is 44.9 Å². The van der Waals surface area contributed by atoms with Crippen LogP contribution in [-0.2, 0) is 36.3 Å². The quantitative estimate of drug-likeness (QED) is 0.212. The van der Waals surface area contributed by atoms with Crippen LogP contribution >= 0.6 is 0 Å². The van der Waals surface area contributed by atoms with E-state index in [4.69, 9.17) is 4.55 Å². The van der Waals surface area contributed by atoms with Gasteiger partial charge in [0.2, 0.25) is 0 Å². The maximum absolute atomic E-state index is 10.2. The molecule has 0 radical (unpaired) electrons. The smallest absolute Gasteiger partial charge is 1.00 e. The van der Waals surface area contributed by atoms with Crippen molar-refractivity contribution in [2.75, 3.05) is 6.61 Å². The van der Waals surface area contributed by atoms with Crippen LogP contribution < -0.4 is 29.6 Å². The monoisotopic (exact) mass is 410 g/mol. The van der Waals surface area contributed by atoms with Crippen molar-refractivity contribution in [1.29, 1.82) is 0 Å². The van der Waals surface area contributed by atoms with E-state index in [1.807, 2.05) is 0 Å². The van der Waals surface area contributed by atoms with Gasteiger partial charge < -0.3 is 23.3 Å². The van der Waals surface area contributed by atoms with Crippen molar-refractivity contribution < 1.29 is 91.8 Å². The molecule has 0 heterocycles. The van der Waals surface area contributed by atoms with Gasteiger partial charge in [-0.05, 0) is 6.42 Å². The van der Waals surface area contributed by atoms with Crippen LogP contribution in [0.1, 0.15) is 72.6 Å². The van der Waals surface area contributed by atoms with Crippen LogP contribution in [0, 0.1) is 0 Å². The molecule has 11 heteroatoms. The summed E-state index contributed by atoms with van der Waals surface area (Å²) in [6, 6.07) is 0. The molecule has 0 unspecified atom stereocenters. The summed E-state index contributed by atoms with van der Waals surface area (Å²) < 4.78 is 33.0. The zero-order valence-corrected chi connectivity index (χ0v) is 18.7. The average molecular weight is 410 g/mol. The van der Waals surface area contributed by atoms with Gasteiger partial charge in [0.05, 0.1) is 6.61 Å². The number of rotatable bonds is 12. The molecule has 0 aliphatic carbocycles. The van der Waals surface area contributed by atoms with E-state index in [0.717, 1.165) is 12.8 Å². The van der Waals surface area contributed by atoms with Gasteiger partial charge >= 0.3 is 40.0 Å². The van der Waals surface area contributed by atoms with Crippen molar-refractivity contribution in [3.8, 4) is 0 Å². The Bertz CT molecular complexity index is 274. The second kappa shape index (κ2) is 31.2. The van der Waals surface area contributed by atoms with Crippen LogP contribution in [0.25, 0.3) is 0 Å². The second-order valence-corrected chi connectivity index (χ2v) is 5.52. The first kappa shape index (κ1) is 44.1. The van der Waals surface area contributed by atoms with Crippen LogP contribution in [-0.4, -0.2) is 41.5 Å². The fourth-order valence-electron chi connectivity index (χ4n) is 1.75. The summed E-state index contributed by atoms with van der Waals surface area (Å²) in [7, 11) is -4.23. The third-order valence-corrected chi connectivity index (χ3v) is 3.19. The summed E-state index contributed by atoms with van der Waals surface area (Å²) in [4.78, 5) is 0. The fraction of sp³-hybridized carbons (Fsp3) is 1.00. The van der Waals surface area contributed by atoms with Crippen LogP contribution in [0.2, 0.25) is 0 Å². The molecule has 0 saturated heterocycles. The Morgan fingerprint density at radius 1 is 0.783 bits per heavy atom. The first-order chi connectivity index (χ1) is 8.06. The summed E-state index contributed by atoms with van der Waals surface area (Å²) in [6.45, 7) is 2.31. The Kier molecular flexibility index (Phi) is 59.9. The molecule has 23 heavy (non-hydrogen) atoms. The molecule has 0 atom stereocenters. The molecule has 0 amide bonds. The molecule has 0 aromatic carbocycles. The van der Waals surface area contributed by atoms with E-state index in [9.17, 15) is 8.42 Å². The molecule has 0 aromatic rings. The second-order valence-electron chi connectivity index (χ2n) is 4.43. The van der Waals surface area contributed by atoms with E-state index in [0.29, 0.717) is 6.42 Å². The van der Waals surface area contributed by atoms with Crippen molar-refractivity contribution in [2.45, 2.75) is 71.1 Å². The van der Waals surface area contributed by atoms with Gasteiger partial charge in [0.15, 0.2) is 0 Å². The van der Waals surface area contributed by atoms with Crippen LogP contribution in [0.4, 0.5) is 0 Å². The van der Waals surface area contributed by atoms with Gasteiger partial charge in [-0.2, -0.15) is 8.42 Å². The van der Waals surface area contributed by atoms with E-state index >= 15 is 0 Å². The van der Waals surface area contributed by atoms with Gasteiger partial charge in [0.25, 0.3) is 0 Å². The third kappa shape index (κ3) is 45.2. The molecule has 0 saturated carbocycles. The fourth-order valence-corrected chi connectivity index (χ4v) is 2.08. The van der Waals surface area contributed by atoms with Gasteiger partial charge in [-0.15, -0.1) is 0 Å². The normalized spacial score (nSPS) is 8.78. The zero-order chi connectivity index (χ0) is 13.0. The van der Waals surface area contributed by atoms with Gasteiger partial charge in [0.1, 0.15) is 0 Å². The maximum atomic E-state index is 10.2. The van der Waals surface area contributed by atoms with Crippen LogP contribution in [0.3, 0.4) is 0 Å². The van der Waals surface area contributed by atoms with E-state index in [2.05, 4.69) is 11.1 Å². The van der Waals surface area contributed by atoms with Crippen molar-refractivity contribution in [3.63, 3.8) is 0 Å². The molecular formula is C12H35NaO8STi. The molecule has 8 nitrogen and oxygen atoms in total. The minimum atomic E-state index is -4.23. The molecule has 0 aliphatic heterocycles. The van der Waals surface area contributed by atoms with E-state index in [1.54, 1.807) is 0 Å². The average Bonchev–Trinajstić information content (AvgIpc) is 2.24. The Morgan fingerprint density at radius 3 is 1.39 bits per heavy atom. The molecule has 0 fully saturated rings. The Balaban J connectivity index is -0.0000000610. The summed E-state index contributed by atoms with van der Waals surface area (Å²) in [5.74, 6) is 0. The molecule has 0 rings (SSSR count). The predicted molar refractivity (Wildman–Crippen MR) is 84.9 cm³/mol. The van der Waals surface area contributed by atoms with E-state index < -0.39 is 10.4 Å². The summed E-state index contributed by atoms with van der Waals surface area (Å²) in [6.07, 6.45) is 11.9. The molecule has 0 spiro atoms. The topological polar surface area (TPSA) is 190 Å². The van der Waals surface area contributed by atoms with Gasteiger partial charge in [0, 0.05) is 21.7 Å². The minimum Gasteiger partial charge on any atom is -1.00 e. The largest absolute Gasteiger partial charge is 1.00 e. The van der Waals surface area contributed by atoms with E-state index in [-0.39, 0.29) is 81.2 Å². The molecule has 0 aromatic heterocycles. The van der Waals surface area contributed by atoms with Gasteiger partial charge in [-0.25, -0.2) is 4.18 Å². The van der Waals surface area contributed by atoms with Crippen molar-refractivity contribution >= 4 is 10.4 Å². The Labute approximate surface area is 179 Å². The molecule has 9 N–H and O–H groups in total. The van der Waals surface area contributed by atoms with Gasteiger partial charge in [-0.3, -0.25) is 4.55 Å². The zero-order valence-electron chi connectivity index (χ0n) is 15.4. The third-order valence-electron chi connectivity index (χ3n) is 2.73. The summed E-state index contributed by atoms with van der Waals surface area (Å²) >= 11 is 0. The minimum absolute atomic E-state index is 0. The molecule has 0 aliphatic rings. The summed E-state index contributed by atoms with van der Waals surface area (Å²) in [5, 5.41) is 0. The Morgan fingerprint density at radius 2 is 1.09 bits per heavy atom. The molecule has 0 bridgehead atoms. The molecular weight excluding hydrogens is 375 g/mol. The van der Waals surface area contributed by atoms with Gasteiger partial charge in [-0.1, -0.05) is 64.7 Å².